The minimum absolute atomic E-state index is 0.0505. The number of hydrogen-bond donors (Lipinski definition) is 1. The third-order valence-corrected chi connectivity index (χ3v) is 6.37. The van der Waals surface area contributed by atoms with Crippen LogP contribution in [0.1, 0.15) is 155 Å². The monoisotopic (exact) mass is 470 g/mol. The fourth-order valence-electron chi connectivity index (χ4n) is 4.15. The molecule has 0 aliphatic rings. The van der Waals surface area contributed by atoms with E-state index in [0.717, 1.165) is 19.3 Å². The van der Waals surface area contributed by atoms with Crippen molar-refractivity contribution in [3.05, 3.63) is 0 Å². The molecule has 0 heterocycles. The Hall–Kier alpha value is -0.610. The van der Waals surface area contributed by atoms with Gasteiger partial charge in [-0.15, -0.1) is 0 Å². The standard InChI is InChI=1S/C29H58O4/c1-3-5-7-9-11-13-15-16-18-20-22-24-29(31)33-27-28(30)26-32-25-23-21-19-17-14-12-10-8-6-4-2/h28,30H,3-27H2,1-2H3. The maximum atomic E-state index is 11.8. The molecule has 0 aliphatic heterocycles. The van der Waals surface area contributed by atoms with E-state index in [1.54, 1.807) is 0 Å². The van der Waals surface area contributed by atoms with Crippen LogP contribution in [0.5, 0.6) is 0 Å². The molecule has 0 saturated heterocycles. The molecule has 33 heavy (non-hydrogen) atoms. The van der Waals surface area contributed by atoms with Crippen molar-refractivity contribution >= 4 is 5.97 Å². The SMILES string of the molecule is CCCCCCCCCCCCCC(=O)OCC(O)COCCCCCCCCCCCC. The molecule has 4 heteroatoms. The van der Waals surface area contributed by atoms with Gasteiger partial charge in [0.2, 0.25) is 0 Å². The first-order valence-corrected chi connectivity index (χ1v) is 14.6. The minimum atomic E-state index is -0.714. The second-order valence-electron chi connectivity index (χ2n) is 9.88. The summed E-state index contributed by atoms with van der Waals surface area (Å²) in [5, 5.41) is 9.92. The molecular formula is C29H58O4. The molecule has 0 rings (SSSR count). The lowest BCUT2D eigenvalue weighted by molar-refractivity contribution is -0.147. The van der Waals surface area contributed by atoms with Crippen molar-refractivity contribution in [1.82, 2.24) is 0 Å². The van der Waals surface area contributed by atoms with Crippen molar-refractivity contribution in [1.29, 1.82) is 0 Å². The Bertz CT molecular complexity index is 386. The van der Waals surface area contributed by atoms with E-state index >= 15 is 0 Å². The molecule has 0 radical (unpaired) electrons. The number of unbranched alkanes of at least 4 members (excludes halogenated alkanes) is 19. The van der Waals surface area contributed by atoms with Crippen LogP contribution in [0.15, 0.2) is 0 Å². The normalized spacial score (nSPS) is 12.2. The highest BCUT2D eigenvalue weighted by Gasteiger charge is 2.09. The zero-order chi connectivity index (χ0) is 24.2. The van der Waals surface area contributed by atoms with Crippen LogP contribution in [-0.2, 0) is 14.3 Å². The Labute approximate surface area is 206 Å². The van der Waals surface area contributed by atoms with Gasteiger partial charge >= 0.3 is 5.97 Å². The van der Waals surface area contributed by atoms with Crippen molar-refractivity contribution in [2.75, 3.05) is 19.8 Å². The molecule has 0 aliphatic carbocycles. The molecule has 0 aromatic carbocycles. The Morgan fingerprint density at radius 2 is 0.970 bits per heavy atom. The summed E-state index contributed by atoms with van der Waals surface area (Å²) in [6.45, 7) is 5.50. The van der Waals surface area contributed by atoms with E-state index in [1.165, 1.54) is 116 Å². The van der Waals surface area contributed by atoms with Gasteiger partial charge in [-0.1, -0.05) is 136 Å². The van der Waals surface area contributed by atoms with Gasteiger partial charge in [-0.2, -0.15) is 0 Å². The lowest BCUT2D eigenvalue weighted by Crippen LogP contribution is -2.24. The van der Waals surface area contributed by atoms with E-state index in [-0.39, 0.29) is 19.2 Å². The number of hydrogen-bond acceptors (Lipinski definition) is 4. The highest BCUT2D eigenvalue weighted by Crippen LogP contribution is 2.12. The Morgan fingerprint density at radius 3 is 1.42 bits per heavy atom. The van der Waals surface area contributed by atoms with Crippen molar-refractivity contribution in [2.24, 2.45) is 0 Å². The smallest absolute Gasteiger partial charge is 0.305 e. The van der Waals surface area contributed by atoms with Crippen LogP contribution < -0.4 is 0 Å². The summed E-state index contributed by atoms with van der Waals surface area (Å²) in [7, 11) is 0. The Balaban J connectivity index is 3.28. The highest BCUT2D eigenvalue weighted by molar-refractivity contribution is 5.69. The van der Waals surface area contributed by atoms with E-state index in [2.05, 4.69) is 13.8 Å². The van der Waals surface area contributed by atoms with Gasteiger partial charge in [0.25, 0.3) is 0 Å². The molecule has 1 N–H and O–H groups in total. The zero-order valence-electron chi connectivity index (χ0n) is 22.4. The average Bonchev–Trinajstić information content (AvgIpc) is 2.82. The minimum Gasteiger partial charge on any atom is -0.463 e. The summed E-state index contributed by atoms with van der Waals surface area (Å²) < 4.78 is 10.7. The van der Waals surface area contributed by atoms with Crippen LogP contribution in [0.2, 0.25) is 0 Å². The van der Waals surface area contributed by atoms with Gasteiger partial charge < -0.3 is 14.6 Å². The third kappa shape index (κ3) is 27.5. The Kier molecular flexibility index (Phi) is 27.1. The van der Waals surface area contributed by atoms with Crippen molar-refractivity contribution in [2.45, 2.75) is 161 Å². The van der Waals surface area contributed by atoms with E-state index in [9.17, 15) is 9.90 Å². The second-order valence-corrected chi connectivity index (χ2v) is 9.88. The maximum Gasteiger partial charge on any atom is 0.305 e. The maximum absolute atomic E-state index is 11.8. The zero-order valence-corrected chi connectivity index (χ0v) is 22.4. The largest absolute Gasteiger partial charge is 0.463 e. The fourth-order valence-corrected chi connectivity index (χ4v) is 4.15. The highest BCUT2D eigenvalue weighted by atomic mass is 16.5. The van der Waals surface area contributed by atoms with Gasteiger partial charge in [0, 0.05) is 13.0 Å². The topological polar surface area (TPSA) is 55.8 Å². The number of carbonyl (C=O) groups is 1. The van der Waals surface area contributed by atoms with Crippen LogP contribution in [0, 0.1) is 0 Å². The number of carbonyl (C=O) groups excluding carboxylic acids is 1. The van der Waals surface area contributed by atoms with Crippen LogP contribution in [0.3, 0.4) is 0 Å². The van der Waals surface area contributed by atoms with Gasteiger partial charge in [0.1, 0.15) is 12.7 Å². The van der Waals surface area contributed by atoms with Crippen LogP contribution in [0.4, 0.5) is 0 Å². The van der Waals surface area contributed by atoms with Crippen molar-refractivity contribution in [3.8, 4) is 0 Å². The first-order valence-electron chi connectivity index (χ1n) is 14.6. The lowest BCUT2D eigenvalue weighted by atomic mass is 10.1. The first kappa shape index (κ1) is 32.4. The van der Waals surface area contributed by atoms with E-state index in [1.807, 2.05) is 0 Å². The molecule has 0 amide bonds. The molecule has 4 nitrogen and oxygen atoms in total. The van der Waals surface area contributed by atoms with Crippen LogP contribution in [0.25, 0.3) is 0 Å². The molecule has 0 aromatic rings. The molecule has 198 valence electrons. The number of aliphatic hydroxyl groups is 1. The van der Waals surface area contributed by atoms with Gasteiger partial charge in [-0.25, -0.2) is 0 Å². The van der Waals surface area contributed by atoms with E-state index in [0.29, 0.717) is 13.0 Å². The van der Waals surface area contributed by atoms with Gasteiger partial charge in [-0.05, 0) is 12.8 Å². The first-order chi connectivity index (χ1) is 16.2. The van der Waals surface area contributed by atoms with E-state index < -0.39 is 6.10 Å². The quantitative estimate of drug-likeness (QED) is 0.0965. The fraction of sp³-hybridized carbons (Fsp3) is 0.966. The van der Waals surface area contributed by atoms with Crippen LogP contribution in [-0.4, -0.2) is 37.0 Å². The number of aliphatic hydroxyl groups excluding tert-OH is 1. The molecule has 0 bridgehead atoms. The summed E-state index contributed by atoms with van der Waals surface area (Å²) in [6.07, 6.45) is 26.8. The number of ether oxygens (including phenoxy) is 2. The van der Waals surface area contributed by atoms with Gasteiger partial charge in [-0.3, -0.25) is 4.79 Å². The number of esters is 1. The van der Waals surface area contributed by atoms with Crippen LogP contribution >= 0.6 is 0 Å². The molecule has 0 spiro atoms. The van der Waals surface area contributed by atoms with Gasteiger partial charge in [0.05, 0.1) is 6.61 Å². The molecule has 0 aromatic heterocycles. The summed E-state index contributed by atoms with van der Waals surface area (Å²) in [5.74, 6) is -0.195. The second kappa shape index (κ2) is 27.6. The van der Waals surface area contributed by atoms with Crippen molar-refractivity contribution in [3.63, 3.8) is 0 Å². The van der Waals surface area contributed by atoms with Crippen molar-refractivity contribution < 1.29 is 19.4 Å². The van der Waals surface area contributed by atoms with Gasteiger partial charge in [0.15, 0.2) is 0 Å². The molecule has 1 unspecified atom stereocenters. The summed E-state index contributed by atoms with van der Waals surface area (Å²) >= 11 is 0. The Morgan fingerprint density at radius 1 is 0.576 bits per heavy atom. The van der Waals surface area contributed by atoms with E-state index in [4.69, 9.17) is 9.47 Å². The summed E-state index contributed by atoms with van der Waals surface area (Å²) in [5.41, 5.74) is 0. The average molecular weight is 471 g/mol. The third-order valence-electron chi connectivity index (χ3n) is 6.37. The molecule has 1 atom stereocenters. The predicted octanol–water partition coefficient (Wildman–Crippen LogP) is 8.53. The molecule has 0 saturated carbocycles. The number of rotatable bonds is 27. The summed E-state index contributed by atoms with van der Waals surface area (Å²) in [4.78, 5) is 11.8. The molecular weight excluding hydrogens is 412 g/mol. The summed E-state index contributed by atoms with van der Waals surface area (Å²) in [6, 6.07) is 0. The molecule has 0 fully saturated rings. The lowest BCUT2D eigenvalue weighted by Gasteiger charge is -2.12. The predicted molar refractivity (Wildman–Crippen MR) is 141 cm³/mol.